The zero-order valence-corrected chi connectivity index (χ0v) is 15.4. The van der Waals surface area contributed by atoms with Gasteiger partial charge in [0.2, 0.25) is 17.7 Å². The minimum atomic E-state index is -0.853. The summed E-state index contributed by atoms with van der Waals surface area (Å²) in [5.74, 6) is -1.53. The van der Waals surface area contributed by atoms with Gasteiger partial charge < -0.3 is 5.32 Å². The Hall–Kier alpha value is -2.54. The molecule has 6 nitrogen and oxygen atoms in total. The fraction of sp³-hybridized carbons (Fsp3) is 0.368. The zero-order chi connectivity index (χ0) is 18.4. The molecule has 1 aliphatic carbocycles. The normalized spacial score (nSPS) is 23.4. The van der Waals surface area contributed by atoms with E-state index in [1.165, 1.54) is 11.3 Å². The third kappa shape index (κ3) is 2.63. The molecular weight excluding hydrogens is 350 g/mol. The second-order valence-corrected chi connectivity index (χ2v) is 7.84. The second-order valence-electron chi connectivity index (χ2n) is 6.81. The fourth-order valence-electron chi connectivity index (χ4n) is 3.67. The number of anilines is 1. The molecule has 0 radical (unpaired) electrons. The Balaban J connectivity index is 1.53. The highest BCUT2D eigenvalue weighted by molar-refractivity contribution is 7.22. The van der Waals surface area contributed by atoms with Gasteiger partial charge in [0.05, 0.1) is 22.1 Å². The topological polar surface area (TPSA) is 79.4 Å². The first kappa shape index (κ1) is 16.9. The average Bonchev–Trinajstić information content (AvgIpc) is 3.15. The number of aromatic nitrogens is 1. The maximum atomic E-state index is 12.7. The van der Waals surface area contributed by atoms with Crippen molar-refractivity contribution in [1.82, 2.24) is 9.88 Å². The predicted molar refractivity (Wildman–Crippen MR) is 99.7 cm³/mol. The molecule has 0 bridgehead atoms. The third-order valence-corrected chi connectivity index (χ3v) is 6.10. The molecule has 3 amide bonds. The first-order valence-electron chi connectivity index (χ1n) is 8.66. The van der Waals surface area contributed by atoms with Gasteiger partial charge in [-0.25, -0.2) is 4.98 Å². The summed E-state index contributed by atoms with van der Waals surface area (Å²) in [6.07, 6.45) is 5.00. The second kappa shape index (κ2) is 6.32. The van der Waals surface area contributed by atoms with Gasteiger partial charge >= 0.3 is 0 Å². The summed E-state index contributed by atoms with van der Waals surface area (Å²) in [6.45, 7) is 3.56. The molecule has 1 aromatic carbocycles. The van der Waals surface area contributed by atoms with Crippen LogP contribution in [0.15, 0.2) is 30.4 Å². The number of imide groups is 1. The lowest BCUT2D eigenvalue weighted by Gasteiger charge is -2.21. The summed E-state index contributed by atoms with van der Waals surface area (Å²) in [4.78, 5) is 43.5. The molecule has 1 aromatic heterocycles. The average molecular weight is 369 g/mol. The van der Waals surface area contributed by atoms with Crippen molar-refractivity contribution < 1.29 is 14.4 Å². The van der Waals surface area contributed by atoms with E-state index in [0.717, 1.165) is 20.7 Å². The number of aryl methyl sites for hydroxylation is 1. The quantitative estimate of drug-likeness (QED) is 0.666. The summed E-state index contributed by atoms with van der Waals surface area (Å²) < 4.78 is 0.985. The molecule has 1 aliphatic heterocycles. The van der Waals surface area contributed by atoms with E-state index in [9.17, 15) is 14.4 Å². The van der Waals surface area contributed by atoms with Gasteiger partial charge in [-0.2, -0.15) is 0 Å². The number of nitrogens with zero attached hydrogens (tertiary/aromatic N) is 2. The lowest BCUT2D eigenvalue weighted by atomic mass is 9.85. The number of likely N-dealkylation sites (tertiary alicyclic amines) is 1. The molecule has 0 saturated carbocycles. The standard InChI is InChI=1S/C19H19N3O3S/c1-10-6-5-9-14-15(10)20-19(26-14)21-16(23)11(2)22-17(24)12-7-3-4-8-13(12)18(22)25/h3-6,9,11-13H,7-8H2,1-2H3,(H,20,21,23)/t11-,12?,13?/m1/s1. The first-order valence-corrected chi connectivity index (χ1v) is 9.48. The highest BCUT2D eigenvalue weighted by Crippen LogP contribution is 2.36. The van der Waals surface area contributed by atoms with E-state index in [1.54, 1.807) is 6.92 Å². The van der Waals surface area contributed by atoms with Gasteiger partial charge in [0.15, 0.2) is 5.13 Å². The Morgan fingerprint density at radius 1 is 1.23 bits per heavy atom. The van der Waals surface area contributed by atoms with E-state index in [4.69, 9.17) is 0 Å². The number of nitrogens with one attached hydrogen (secondary N) is 1. The lowest BCUT2D eigenvalue weighted by Crippen LogP contribution is -2.46. The van der Waals surface area contributed by atoms with Crippen LogP contribution >= 0.6 is 11.3 Å². The van der Waals surface area contributed by atoms with Crippen LogP contribution in [0.25, 0.3) is 10.2 Å². The van der Waals surface area contributed by atoms with Gasteiger partial charge in [0.1, 0.15) is 6.04 Å². The van der Waals surface area contributed by atoms with Gasteiger partial charge in [-0.3, -0.25) is 19.3 Å². The number of para-hydroxylation sites is 1. The van der Waals surface area contributed by atoms with Gasteiger partial charge in [0, 0.05) is 0 Å². The van der Waals surface area contributed by atoms with Crippen molar-refractivity contribution in [3.8, 4) is 0 Å². The van der Waals surface area contributed by atoms with E-state index in [1.807, 2.05) is 37.3 Å². The minimum absolute atomic E-state index is 0.243. The van der Waals surface area contributed by atoms with Gasteiger partial charge in [-0.15, -0.1) is 0 Å². The van der Waals surface area contributed by atoms with Crippen LogP contribution < -0.4 is 5.32 Å². The first-order chi connectivity index (χ1) is 12.5. The number of fused-ring (bicyclic) bond motifs is 2. The number of allylic oxidation sites excluding steroid dienone is 2. The molecule has 1 N–H and O–H groups in total. The fourth-order valence-corrected chi connectivity index (χ4v) is 4.62. The molecule has 3 atom stereocenters. The molecule has 2 heterocycles. The number of hydrogen-bond acceptors (Lipinski definition) is 5. The Morgan fingerprint density at radius 2 is 1.88 bits per heavy atom. The van der Waals surface area contributed by atoms with Crippen LogP contribution in [0.4, 0.5) is 5.13 Å². The van der Waals surface area contributed by atoms with Crippen molar-refractivity contribution >= 4 is 44.4 Å². The molecule has 4 rings (SSSR count). The van der Waals surface area contributed by atoms with Crippen LogP contribution in [-0.2, 0) is 14.4 Å². The predicted octanol–water partition coefficient (Wildman–Crippen LogP) is 2.88. The highest BCUT2D eigenvalue weighted by atomic mass is 32.1. The van der Waals surface area contributed by atoms with E-state index in [0.29, 0.717) is 18.0 Å². The van der Waals surface area contributed by atoms with Gasteiger partial charge in [-0.05, 0) is 38.3 Å². The number of thiazole rings is 1. The number of amides is 3. The van der Waals surface area contributed by atoms with E-state index >= 15 is 0 Å². The number of rotatable bonds is 3. The van der Waals surface area contributed by atoms with E-state index in [2.05, 4.69) is 10.3 Å². The van der Waals surface area contributed by atoms with Crippen LogP contribution in [-0.4, -0.2) is 33.6 Å². The zero-order valence-electron chi connectivity index (χ0n) is 14.6. The molecule has 134 valence electrons. The molecule has 7 heteroatoms. The third-order valence-electron chi connectivity index (χ3n) is 5.16. The van der Waals surface area contributed by atoms with Gasteiger partial charge in [0.25, 0.3) is 0 Å². The van der Waals surface area contributed by atoms with Crippen molar-refractivity contribution in [2.45, 2.75) is 32.7 Å². The molecule has 26 heavy (non-hydrogen) atoms. The molecule has 1 saturated heterocycles. The SMILES string of the molecule is Cc1cccc2sc(NC(=O)[C@@H](C)N3C(=O)C4CC=CCC4C3=O)nc12. The maximum absolute atomic E-state index is 12.7. The Kier molecular flexibility index (Phi) is 4.11. The summed E-state index contributed by atoms with van der Waals surface area (Å²) in [6, 6.07) is 5.01. The van der Waals surface area contributed by atoms with Crippen LogP contribution in [0, 0.1) is 18.8 Å². The largest absolute Gasteiger partial charge is 0.300 e. The van der Waals surface area contributed by atoms with Crippen molar-refractivity contribution in [2.24, 2.45) is 11.8 Å². The Morgan fingerprint density at radius 3 is 2.50 bits per heavy atom. The van der Waals surface area contributed by atoms with Crippen molar-refractivity contribution in [3.63, 3.8) is 0 Å². The Labute approximate surface area is 154 Å². The van der Waals surface area contributed by atoms with Crippen LogP contribution in [0.5, 0.6) is 0 Å². The van der Waals surface area contributed by atoms with E-state index < -0.39 is 11.9 Å². The van der Waals surface area contributed by atoms with Crippen molar-refractivity contribution in [2.75, 3.05) is 5.32 Å². The monoisotopic (exact) mass is 369 g/mol. The number of benzene rings is 1. The smallest absolute Gasteiger partial charge is 0.249 e. The molecular formula is C19H19N3O3S. The lowest BCUT2D eigenvalue weighted by molar-refractivity contribution is -0.146. The van der Waals surface area contributed by atoms with Crippen molar-refractivity contribution in [1.29, 1.82) is 0 Å². The molecule has 2 aliphatic rings. The summed E-state index contributed by atoms with van der Waals surface area (Å²) in [7, 11) is 0. The maximum Gasteiger partial charge on any atom is 0.249 e. The van der Waals surface area contributed by atoms with Crippen molar-refractivity contribution in [3.05, 3.63) is 35.9 Å². The molecule has 1 fully saturated rings. The highest BCUT2D eigenvalue weighted by Gasteiger charge is 2.50. The van der Waals surface area contributed by atoms with Crippen LogP contribution in [0.3, 0.4) is 0 Å². The minimum Gasteiger partial charge on any atom is -0.300 e. The molecule has 2 aromatic rings. The summed E-state index contributed by atoms with van der Waals surface area (Å²) >= 11 is 1.38. The number of hydrogen-bond donors (Lipinski definition) is 1. The number of carbonyl (C=O) groups excluding carboxylic acids is 3. The van der Waals surface area contributed by atoms with Crippen LogP contribution in [0.1, 0.15) is 25.3 Å². The molecule has 0 spiro atoms. The van der Waals surface area contributed by atoms with Gasteiger partial charge in [-0.1, -0.05) is 35.6 Å². The summed E-state index contributed by atoms with van der Waals surface area (Å²) in [5.41, 5.74) is 1.89. The Bertz CT molecular complexity index is 923. The summed E-state index contributed by atoms with van der Waals surface area (Å²) in [5, 5.41) is 3.24. The molecule has 2 unspecified atom stereocenters. The van der Waals surface area contributed by atoms with E-state index in [-0.39, 0.29) is 23.7 Å². The number of carbonyl (C=O) groups is 3. The van der Waals surface area contributed by atoms with Crippen LogP contribution in [0.2, 0.25) is 0 Å².